The van der Waals surface area contributed by atoms with Crippen molar-refractivity contribution in [2.75, 3.05) is 6.54 Å². The standard InChI is InChI=1S/C18H14ClFN2O4S2/c19-16-14(5-2-7-21-16)15-10-12(6-8-22-18(23)24)27-17(15)28(25,26)13-4-1-3-11(20)9-13/h1-5,7,9-10,22H,6,8H2,(H,23,24). The number of hydrogen-bond donors (Lipinski definition) is 2. The molecule has 0 atom stereocenters. The Balaban J connectivity index is 2.11. The average Bonchev–Trinajstić information content (AvgIpc) is 3.06. The maximum atomic E-state index is 13.6. The van der Waals surface area contributed by atoms with Gasteiger partial charge in [0.2, 0.25) is 9.84 Å². The van der Waals surface area contributed by atoms with Gasteiger partial charge in [-0.15, -0.1) is 11.3 Å². The first-order chi connectivity index (χ1) is 13.3. The van der Waals surface area contributed by atoms with Crippen LogP contribution in [0.15, 0.2) is 57.8 Å². The number of benzene rings is 1. The molecule has 0 saturated heterocycles. The van der Waals surface area contributed by atoms with Gasteiger partial charge in [-0.1, -0.05) is 17.7 Å². The van der Waals surface area contributed by atoms with Gasteiger partial charge in [-0.3, -0.25) is 0 Å². The van der Waals surface area contributed by atoms with Crippen LogP contribution < -0.4 is 5.32 Å². The number of nitrogens with zero attached hydrogens (tertiary/aromatic N) is 1. The molecule has 0 radical (unpaired) electrons. The van der Waals surface area contributed by atoms with Gasteiger partial charge in [0.1, 0.15) is 15.2 Å². The molecule has 3 rings (SSSR count). The molecule has 0 aliphatic rings. The molecule has 0 bridgehead atoms. The third kappa shape index (κ3) is 4.32. The molecule has 10 heteroatoms. The number of rotatable bonds is 6. The van der Waals surface area contributed by atoms with Crippen molar-refractivity contribution in [2.45, 2.75) is 15.5 Å². The van der Waals surface area contributed by atoms with Crippen molar-refractivity contribution in [2.24, 2.45) is 0 Å². The van der Waals surface area contributed by atoms with Crippen LogP contribution in [0, 0.1) is 5.82 Å². The SMILES string of the molecule is O=C(O)NCCc1cc(-c2cccnc2Cl)c(S(=O)(=O)c2cccc(F)c2)s1. The zero-order chi connectivity index (χ0) is 20.3. The van der Waals surface area contributed by atoms with Crippen molar-refractivity contribution in [1.29, 1.82) is 0 Å². The second kappa shape index (κ2) is 8.26. The van der Waals surface area contributed by atoms with Crippen molar-refractivity contribution in [3.63, 3.8) is 0 Å². The predicted molar refractivity (Wildman–Crippen MR) is 104 cm³/mol. The average molecular weight is 441 g/mol. The fraction of sp³-hybridized carbons (Fsp3) is 0.111. The minimum atomic E-state index is -4.02. The van der Waals surface area contributed by atoms with Crippen LogP contribution in [0.25, 0.3) is 11.1 Å². The van der Waals surface area contributed by atoms with Gasteiger partial charge < -0.3 is 10.4 Å². The van der Waals surface area contributed by atoms with E-state index in [1.807, 2.05) is 0 Å². The van der Waals surface area contributed by atoms with E-state index in [0.29, 0.717) is 22.4 Å². The lowest BCUT2D eigenvalue weighted by Crippen LogP contribution is -2.22. The number of carboxylic acid groups (broad SMARTS) is 1. The Morgan fingerprint density at radius 3 is 2.68 bits per heavy atom. The normalized spacial score (nSPS) is 11.4. The highest BCUT2D eigenvalue weighted by Gasteiger charge is 2.27. The summed E-state index contributed by atoms with van der Waals surface area (Å²) in [5.41, 5.74) is 0.769. The van der Waals surface area contributed by atoms with Crippen molar-refractivity contribution < 1.29 is 22.7 Å². The molecule has 2 N–H and O–H groups in total. The van der Waals surface area contributed by atoms with Gasteiger partial charge in [-0.2, -0.15) is 0 Å². The number of hydrogen-bond acceptors (Lipinski definition) is 5. The van der Waals surface area contributed by atoms with Gasteiger partial charge in [-0.25, -0.2) is 22.6 Å². The molecule has 6 nitrogen and oxygen atoms in total. The van der Waals surface area contributed by atoms with Gasteiger partial charge in [-0.05, 0) is 42.8 Å². The van der Waals surface area contributed by atoms with Gasteiger partial charge in [0.15, 0.2) is 0 Å². The summed E-state index contributed by atoms with van der Waals surface area (Å²) >= 11 is 7.15. The zero-order valence-electron chi connectivity index (χ0n) is 14.2. The summed E-state index contributed by atoms with van der Waals surface area (Å²) < 4.78 is 39.9. The number of aromatic nitrogens is 1. The van der Waals surface area contributed by atoms with E-state index >= 15 is 0 Å². The van der Waals surface area contributed by atoms with E-state index in [1.165, 1.54) is 18.3 Å². The Morgan fingerprint density at radius 1 is 1.21 bits per heavy atom. The van der Waals surface area contributed by atoms with E-state index in [2.05, 4.69) is 10.3 Å². The Hall–Kier alpha value is -2.49. The lowest BCUT2D eigenvalue weighted by molar-refractivity contribution is 0.194. The lowest BCUT2D eigenvalue weighted by Gasteiger charge is -2.07. The van der Waals surface area contributed by atoms with Crippen LogP contribution in [0.1, 0.15) is 4.88 Å². The molecule has 28 heavy (non-hydrogen) atoms. The number of carbonyl (C=O) groups is 1. The first kappa shape index (κ1) is 20.2. The fourth-order valence-corrected chi connectivity index (χ4v) is 5.92. The molecule has 0 fully saturated rings. The topological polar surface area (TPSA) is 96.4 Å². The molecule has 2 heterocycles. The van der Waals surface area contributed by atoms with E-state index in [1.54, 1.807) is 18.2 Å². The van der Waals surface area contributed by atoms with Crippen molar-refractivity contribution in [1.82, 2.24) is 10.3 Å². The van der Waals surface area contributed by atoms with Crippen LogP contribution in [-0.4, -0.2) is 31.1 Å². The van der Waals surface area contributed by atoms with Gasteiger partial charge in [0.05, 0.1) is 4.90 Å². The van der Waals surface area contributed by atoms with Crippen LogP contribution in [0.4, 0.5) is 9.18 Å². The molecule has 0 saturated carbocycles. The van der Waals surface area contributed by atoms with Gasteiger partial charge in [0, 0.05) is 28.7 Å². The van der Waals surface area contributed by atoms with Gasteiger partial charge >= 0.3 is 6.09 Å². The van der Waals surface area contributed by atoms with Crippen molar-refractivity contribution in [3.8, 4) is 11.1 Å². The van der Waals surface area contributed by atoms with Crippen LogP contribution >= 0.6 is 22.9 Å². The molecule has 146 valence electrons. The van der Waals surface area contributed by atoms with E-state index in [9.17, 15) is 17.6 Å². The number of thiophene rings is 1. The Morgan fingerprint density at radius 2 is 2.00 bits per heavy atom. The first-order valence-electron chi connectivity index (χ1n) is 8.00. The quantitative estimate of drug-likeness (QED) is 0.559. The van der Waals surface area contributed by atoms with Crippen LogP contribution in [0.2, 0.25) is 5.15 Å². The third-order valence-corrected chi connectivity index (χ3v) is 7.58. The highest BCUT2D eigenvalue weighted by atomic mass is 35.5. The molecular formula is C18H14ClFN2O4S2. The first-order valence-corrected chi connectivity index (χ1v) is 10.7. The lowest BCUT2D eigenvalue weighted by atomic mass is 10.1. The molecule has 1 amide bonds. The Labute approximate surface area is 169 Å². The van der Waals surface area contributed by atoms with Crippen molar-refractivity contribution in [3.05, 3.63) is 64.5 Å². The summed E-state index contributed by atoms with van der Waals surface area (Å²) in [5, 5.41) is 11.1. The number of pyridine rings is 1. The highest BCUT2D eigenvalue weighted by Crippen LogP contribution is 2.40. The summed E-state index contributed by atoms with van der Waals surface area (Å²) in [6, 6.07) is 9.67. The summed E-state index contributed by atoms with van der Waals surface area (Å²) in [7, 11) is -4.02. The molecule has 1 aromatic carbocycles. The molecule has 0 aliphatic carbocycles. The fourth-order valence-electron chi connectivity index (χ4n) is 2.55. The van der Waals surface area contributed by atoms with Crippen LogP contribution in [-0.2, 0) is 16.3 Å². The molecule has 2 aromatic heterocycles. The molecular weight excluding hydrogens is 427 g/mol. The maximum Gasteiger partial charge on any atom is 0.404 e. The van der Waals surface area contributed by atoms with E-state index < -0.39 is 21.7 Å². The van der Waals surface area contributed by atoms with E-state index in [0.717, 1.165) is 23.5 Å². The summed E-state index contributed by atoms with van der Waals surface area (Å²) in [4.78, 5) is 15.1. The van der Waals surface area contributed by atoms with E-state index in [4.69, 9.17) is 16.7 Å². The second-order valence-corrected chi connectivity index (χ2v) is 9.34. The number of amides is 1. The summed E-state index contributed by atoms with van der Waals surface area (Å²) in [5.74, 6) is -0.663. The zero-order valence-corrected chi connectivity index (χ0v) is 16.6. The summed E-state index contributed by atoms with van der Waals surface area (Å²) in [6.07, 6.45) is 0.608. The monoisotopic (exact) mass is 440 g/mol. The molecule has 0 unspecified atom stereocenters. The van der Waals surface area contributed by atoms with Crippen LogP contribution in [0.5, 0.6) is 0 Å². The Kier molecular flexibility index (Phi) is 5.97. The third-order valence-electron chi connectivity index (χ3n) is 3.80. The van der Waals surface area contributed by atoms with Crippen molar-refractivity contribution >= 4 is 38.9 Å². The largest absolute Gasteiger partial charge is 0.465 e. The smallest absolute Gasteiger partial charge is 0.404 e. The summed E-state index contributed by atoms with van der Waals surface area (Å²) in [6.45, 7) is 0.121. The minimum absolute atomic E-state index is 0.00155. The predicted octanol–water partition coefficient (Wildman–Crippen LogP) is 4.25. The Bertz CT molecular complexity index is 1130. The highest BCUT2D eigenvalue weighted by molar-refractivity contribution is 7.93. The number of halogens is 2. The van der Waals surface area contributed by atoms with E-state index in [-0.39, 0.29) is 20.8 Å². The maximum absolute atomic E-state index is 13.6. The van der Waals surface area contributed by atoms with Gasteiger partial charge in [0.25, 0.3) is 0 Å². The minimum Gasteiger partial charge on any atom is -0.465 e. The molecule has 3 aromatic rings. The molecule has 0 aliphatic heterocycles. The molecule has 0 spiro atoms. The number of nitrogens with one attached hydrogen (secondary N) is 1. The number of sulfone groups is 1. The second-order valence-electron chi connectivity index (χ2n) is 5.70. The van der Waals surface area contributed by atoms with Crippen LogP contribution in [0.3, 0.4) is 0 Å².